The van der Waals surface area contributed by atoms with Crippen LogP contribution < -0.4 is 28.4 Å². The molecule has 0 fully saturated rings. The van der Waals surface area contributed by atoms with Gasteiger partial charge < -0.3 is 28.4 Å². The van der Waals surface area contributed by atoms with Gasteiger partial charge in [-0.2, -0.15) is 0 Å². The number of methoxy groups -OCH3 is 2. The minimum atomic E-state index is -0.281. The predicted octanol–water partition coefficient (Wildman–Crippen LogP) is 11.0. The second kappa shape index (κ2) is 20.2. The number of carbonyl (C=O) groups excluding carboxylic acids is 2. The van der Waals surface area contributed by atoms with E-state index in [-0.39, 0.29) is 11.9 Å². The second-order valence-electron chi connectivity index (χ2n) is 13.1. The van der Waals surface area contributed by atoms with E-state index in [1.165, 1.54) is 0 Å². The van der Waals surface area contributed by atoms with Crippen LogP contribution in [0.15, 0.2) is 146 Å². The van der Waals surface area contributed by atoms with Gasteiger partial charge in [-0.3, -0.25) is 9.59 Å². The fraction of sp³-hybridized carbons (Fsp3) is 0.208. The summed E-state index contributed by atoms with van der Waals surface area (Å²) in [6, 6.07) is 46.5. The second-order valence-corrected chi connectivity index (χ2v) is 13.1. The summed E-state index contributed by atoms with van der Waals surface area (Å²) < 4.78 is 33.3. The molecule has 0 aliphatic rings. The highest BCUT2D eigenvalue weighted by Gasteiger charge is 2.09. The van der Waals surface area contributed by atoms with Crippen LogP contribution in [-0.2, 0) is 9.59 Å². The molecule has 0 heterocycles. The summed E-state index contributed by atoms with van der Waals surface area (Å²) >= 11 is 0. The van der Waals surface area contributed by atoms with Crippen molar-refractivity contribution in [3.05, 3.63) is 146 Å². The molecule has 8 heteroatoms. The summed E-state index contributed by atoms with van der Waals surface area (Å²) in [7, 11) is 3.31. The van der Waals surface area contributed by atoms with E-state index < -0.39 is 0 Å². The SMILES string of the molecule is COc1ccc(-c2ccc(OCCCCC(=O)Oc3ccc(-c4ccc(OC(=O)CCCCOc5ccc(-c6ccc(OC)cc6)cc5)cc4)cc3)cc2)cc1. The van der Waals surface area contributed by atoms with Gasteiger partial charge in [0.05, 0.1) is 27.4 Å². The summed E-state index contributed by atoms with van der Waals surface area (Å²) in [5.41, 5.74) is 6.31. The highest BCUT2D eigenvalue weighted by molar-refractivity contribution is 5.74. The lowest BCUT2D eigenvalue weighted by Crippen LogP contribution is -2.08. The number of rotatable bonds is 19. The van der Waals surface area contributed by atoms with Crippen LogP contribution in [0.3, 0.4) is 0 Å². The van der Waals surface area contributed by atoms with Crippen LogP contribution in [0.4, 0.5) is 0 Å². The minimum Gasteiger partial charge on any atom is -0.497 e. The molecule has 286 valence electrons. The number of carbonyl (C=O) groups is 2. The van der Waals surface area contributed by atoms with E-state index in [1.54, 1.807) is 38.5 Å². The number of hydrogen-bond acceptors (Lipinski definition) is 8. The Bertz CT molecular complexity index is 1950. The summed E-state index contributed by atoms with van der Waals surface area (Å²) in [4.78, 5) is 24.9. The van der Waals surface area contributed by atoms with Gasteiger partial charge in [-0.1, -0.05) is 72.8 Å². The van der Waals surface area contributed by atoms with Crippen molar-refractivity contribution in [1.82, 2.24) is 0 Å². The summed E-state index contributed by atoms with van der Waals surface area (Å²) in [5.74, 6) is 3.65. The van der Waals surface area contributed by atoms with Gasteiger partial charge in [-0.25, -0.2) is 0 Å². The molecule has 0 amide bonds. The summed E-state index contributed by atoms with van der Waals surface area (Å²) in [5, 5.41) is 0. The first-order chi connectivity index (χ1) is 27.4. The van der Waals surface area contributed by atoms with Gasteiger partial charge in [-0.15, -0.1) is 0 Å². The number of unbranched alkanes of at least 4 members (excludes halogenated alkanes) is 2. The zero-order valence-electron chi connectivity index (χ0n) is 31.8. The van der Waals surface area contributed by atoms with Crippen molar-refractivity contribution < 1.29 is 38.0 Å². The molecular formula is C48H46O8. The maximum atomic E-state index is 12.4. The molecule has 0 spiro atoms. The van der Waals surface area contributed by atoms with Gasteiger partial charge in [-0.05, 0) is 132 Å². The largest absolute Gasteiger partial charge is 0.497 e. The van der Waals surface area contributed by atoms with Crippen molar-refractivity contribution in [2.24, 2.45) is 0 Å². The molecule has 0 unspecified atom stereocenters. The van der Waals surface area contributed by atoms with Crippen LogP contribution in [0.2, 0.25) is 0 Å². The van der Waals surface area contributed by atoms with Crippen LogP contribution in [-0.4, -0.2) is 39.4 Å². The third-order valence-electron chi connectivity index (χ3n) is 9.15. The molecule has 0 bridgehead atoms. The van der Waals surface area contributed by atoms with Crippen LogP contribution in [0, 0.1) is 0 Å². The molecule has 0 aliphatic heterocycles. The fourth-order valence-corrected chi connectivity index (χ4v) is 5.97. The normalized spacial score (nSPS) is 10.7. The van der Waals surface area contributed by atoms with Crippen molar-refractivity contribution in [2.45, 2.75) is 38.5 Å². The Kier molecular flexibility index (Phi) is 14.1. The maximum Gasteiger partial charge on any atom is 0.311 e. The lowest BCUT2D eigenvalue weighted by Gasteiger charge is -2.09. The van der Waals surface area contributed by atoms with Crippen molar-refractivity contribution in [2.75, 3.05) is 27.4 Å². The monoisotopic (exact) mass is 750 g/mol. The molecule has 0 aliphatic carbocycles. The van der Waals surface area contributed by atoms with Gasteiger partial charge in [0.2, 0.25) is 0 Å². The molecule has 6 aromatic rings. The van der Waals surface area contributed by atoms with Gasteiger partial charge in [0, 0.05) is 12.8 Å². The molecule has 8 nitrogen and oxygen atoms in total. The third-order valence-corrected chi connectivity index (χ3v) is 9.15. The Morgan fingerprint density at radius 1 is 0.339 bits per heavy atom. The standard InChI is InChI=1S/C48H46O8/c1-51-41-21-9-35(10-22-41)37-13-25-43(26-14-37)53-33-5-3-7-47(49)55-45-29-17-39(18-30-45)40-19-31-46(32-20-40)56-48(50)8-4-6-34-54-44-27-15-38(16-28-44)36-11-23-42(52-2)24-12-36/h9-32H,3-8,33-34H2,1-2H3. The van der Waals surface area contributed by atoms with Gasteiger partial charge in [0.15, 0.2) is 0 Å². The predicted molar refractivity (Wildman–Crippen MR) is 219 cm³/mol. The van der Waals surface area contributed by atoms with Crippen LogP contribution in [0.5, 0.6) is 34.5 Å². The molecule has 0 saturated carbocycles. The number of ether oxygens (including phenoxy) is 6. The molecule has 6 aromatic carbocycles. The van der Waals surface area contributed by atoms with E-state index in [1.807, 2.05) is 121 Å². The molecule has 0 aromatic heterocycles. The lowest BCUT2D eigenvalue weighted by atomic mass is 10.1. The Hall–Kier alpha value is -6.54. The van der Waals surface area contributed by atoms with Crippen LogP contribution in [0.25, 0.3) is 33.4 Å². The van der Waals surface area contributed by atoms with Crippen molar-refractivity contribution in [1.29, 1.82) is 0 Å². The highest BCUT2D eigenvalue weighted by Crippen LogP contribution is 2.28. The zero-order chi connectivity index (χ0) is 39.0. The first-order valence-corrected chi connectivity index (χ1v) is 18.8. The molecule has 6 rings (SSSR count). The van der Waals surface area contributed by atoms with Crippen molar-refractivity contribution >= 4 is 11.9 Å². The summed E-state index contributed by atoms with van der Waals surface area (Å²) in [6.07, 6.45) is 3.39. The maximum absolute atomic E-state index is 12.4. The van der Waals surface area contributed by atoms with Gasteiger partial charge in [0.1, 0.15) is 34.5 Å². The third kappa shape index (κ3) is 11.7. The number of benzene rings is 6. The van der Waals surface area contributed by atoms with Gasteiger partial charge in [0.25, 0.3) is 0 Å². The first-order valence-electron chi connectivity index (χ1n) is 18.8. The fourth-order valence-electron chi connectivity index (χ4n) is 5.97. The minimum absolute atomic E-state index is 0.281. The molecule has 56 heavy (non-hydrogen) atoms. The quantitative estimate of drug-likeness (QED) is 0.0459. The zero-order valence-corrected chi connectivity index (χ0v) is 31.8. The summed E-state index contributed by atoms with van der Waals surface area (Å²) in [6.45, 7) is 1.03. The molecule has 0 atom stereocenters. The van der Waals surface area contributed by atoms with Crippen molar-refractivity contribution in [3.8, 4) is 67.9 Å². The van der Waals surface area contributed by atoms with Crippen LogP contribution >= 0.6 is 0 Å². The van der Waals surface area contributed by atoms with E-state index >= 15 is 0 Å². The number of esters is 2. The average molecular weight is 751 g/mol. The topological polar surface area (TPSA) is 89.5 Å². The Morgan fingerprint density at radius 2 is 0.589 bits per heavy atom. The van der Waals surface area contributed by atoms with Gasteiger partial charge >= 0.3 is 11.9 Å². The molecule has 0 radical (unpaired) electrons. The lowest BCUT2D eigenvalue weighted by molar-refractivity contribution is -0.135. The smallest absolute Gasteiger partial charge is 0.311 e. The molecule has 0 N–H and O–H groups in total. The Balaban J connectivity index is 0.832. The van der Waals surface area contributed by atoms with E-state index in [4.69, 9.17) is 28.4 Å². The molecule has 0 saturated heterocycles. The first kappa shape index (κ1) is 39.2. The van der Waals surface area contributed by atoms with E-state index in [2.05, 4.69) is 0 Å². The highest BCUT2D eigenvalue weighted by atomic mass is 16.5. The average Bonchev–Trinajstić information content (AvgIpc) is 3.24. The van der Waals surface area contributed by atoms with Crippen LogP contribution in [0.1, 0.15) is 38.5 Å². The van der Waals surface area contributed by atoms with E-state index in [0.717, 1.165) is 69.2 Å². The van der Waals surface area contributed by atoms with E-state index in [9.17, 15) is 9.59 Å². The number of hydrogen-bond donors (Lipinski definition) is 0. The van der Waals surface area contributed by atoms with Crippen molar-refractivity contribution in [3.63, 3.8) is 0 Å². The molecular weight excluding hydrogens is 705 g/mol. The Labute approximate surface area is 328 Å². The Morgan fingerprint density at radius 3 is 0.857 bits per heavy atom. The van der Waals surface area contributed by atoms with E-state index in [0.29, 0.717) is 50.4 Å².